The average Bonchev–Trinajstić information content (AvgIpc) is 1.99. The van der Waals surface area contributed by atoms with Crippen LogP contribution >= 0.6 is 0 Å². The minimum Gasteiger partial charge on any atom is -0.394 e. The molecule has 0 saturated heterocycles. The lowest BCUT2D eigenvalue weighted by atomic mass is 10.3. The highest BCUT2D eigenvalue weighted by Gasteiger charge is 2.13. The second kappa shape index (κ2) is 5.06. The summed E-state index contributed by atoms with van der Waals surface area (Å²) >= 11 is 0. The lowest BCUT2D eigenvalue weighted by molar-refractivity contribution is -0.129. The van der Waals surface area contributed by atoms with Crippen LogP contribution < -0.4 is 5.32 Å². The van der Waals surface area contributed by atoms with E-state index in [1.54, 1.807) is 0 Å². The summed E-state index contributed by atoms with van der Waals surface area (Å²) in [6, 6.07) is -0.683. The van der Waals surface area contributed by atoms with Gasteiger partial charge in [-0.15, -0.1) is 0 Å². The van der Waals surface area contributed by atoms with E-state index in [1.165, 1.54) is 6.92 Å². The van der Waals surface area contributed by atoms with Crippen molar-refractivity contribution in [2.24, 2.45) is 0 Å². The summed E-state index contributed by atoms with van der Waals surface area (Å²) in [6.45, 7) is 0.630. The van der Waals surface area contributed by atoms with Crippen LogP contribution in [-0.4, -0.2) is 46.6 Å². The number of nitrogens with one attached hydrogen (secondary N) is 1. The normalized spacial score (nSPS) is 13.2. The Morgan fingerprint density at radius 1 is 1.45 bits per heavy atom. The molecule has 5 heteroatoms. The van der Waals surface area contributed by atoms with E-state index in [2.05, 4.69) is 5.32 Å². The maximum absolute atomic E-state index is 10.7. The molecule has 0 spiro atoms. The van der Waals surface area contributed by atoms with E-state index in [9.17, 15) is 4.79 Å². The molecule has 0 aromatic carbocycles. The van der Waals surface area contributed by atoms with Crippen molar-refractivity contribution < 1.29 is 20.1 Å². The first kappa shape index (κ1) is 10.3. The van der Waals surface area contributed by atoms with E-state index in [4.69, 9.17) is 15.3 Å². The Morgan fingerprint density at radius 2 is 1.91 bits per heavy atom. The van der Waals surface area contributed by atoms with E-state index < -0.39 is 18.1 Å². The molecule has 11 heavy (non-hydrogen) atoms. The van der Waals surface area contributed by atoms with Gasteiger partial charge in [0.2, 0.25) is 5.91 Å². The summed E-state index contributed by atoms with van der Waals surface area (Å²) < 4.78 is 0. The number of rotatable bonds is 4. The zero-order chi connectivity index (χ0) is 8.85. The Kier molecular flexibility index (Phi) is 4.76. The zero-order valence-electron chi connectivity index (χ0n) is 6.32. The van der Waals surface area contributed by atoms with Crippen molar-refractivity contribution in [1.29, 1.82) is 0 Å². The molecule has 0 aliphatic heterocycles. The van der Waals surface area contributed by atoms with E-state index in [0.717, 1.165) is 0 Å². The summed E-state index contributed by atoms with van der Waals surface area (Å²) in [5.41, 5.74) is 0. The van der Waals surface area contributed by atoms with Crippen LogP contribution in [0.25, 0.3) is 0 Å². The molecule has 1 amide bonds. The molecule has 5 nitrogen and oxygen atoms in total. The number of aliphatic hydroxyl groups is 3. The minimum absolute atomic E-state index is 0.338. The van der Waals surface area contributed by atoms with Crippen molar-refractivity contribution >= 4 is 5.91 Å². The van der Waals surface area contributed by atoms with Crippen LogP contribution in [0.1, 0.15) is 6.92 Å². The molecule has 0 rings (SSSR count). The zero-order valence-corrected chi connectivity index (χ0v) is 6.32. The topological polar surface area (TPSA) is 89.8 Å². The molecule has 0 saturated carbocycles. The predicted octanol–water partition coefficient (Wildman–Crippen LogP) is -2.16. The minimum atomic E-state index is -1.12. The summed E-state index contributed by atoms with van der Waals surface area (Å²) in [5, 5.41) is 27.9. The lowest BCUT2D eigenvalue weighted by Crippen LogP contribution is -2.44. The molecule has 0 heterocycles. The van der Waals surface area contributed by atoms with E-state index in [-0.39, 0.29) is 13.2 Å². The lowest BCUT2D eigenvalue weighted by Gasteiger charge is -2.13. The third-order valence-corrected chi connectivity index (χ3v) is 1.17. The highest BCUT2D eigenvalue weighted by molar-refractivity contribution is 5.80. The second-order valence-electron chi connectivity index (χ2n) is 2.25. The Balaban J connectivity index is 3.72. The van der Waals surface area contributed by atoms with Crippen LogP contribution in [0.15, 0.2) is 0 Å². The maximum Gasteiger partial charge on any atom is 0.248 e. The third kappa shape index (κ3) is 3.92. The first-order chi connectivity index (χ1) is 5.11. The Hall–Kier alpha value is -0.650. The van der Waals surface area contributed by atoms with Gasteiger partial charge in [-0.25, -0.2) is 0 Å². The highest BCUT2D eigenvalue weighted by atomic mass is 16.3. The number of hydrogen-bond acceptors (Lipinski definition) is 4. The number of amides is 1. The van der Waals surface area contributed by atoms with Crippen LogP contribution in [0, 0.1) is 0 Å². The first-order valence-electron chi connectivity index (χ1n) is 3.32. The molecule has 0 aliphatic carbocycles. The van der Waals surface area contributed by atoms with Crippen LogP contribution in [0.2, 0.25) is 0 Å². The monoisotopic (exact) mass is 163 g/mol. The van der Waals surface area contributed by atoms with Crippen molar-refractivity contribution in [3.63, 3.8) is 0 Å². The highest BCUT2D eigenvalue weighted by Crippen LogP contribution is 1.84. The molecular formula is C6H13NO4. The summed E-state index contributed by atoms with van der Waals surface area (Å²) in [4.78, 5) is 10.7. The number of carbonyl (C=O) groups excluding carboxylic acids is 1. The summed E-state index contributed by atoms with van der Waals surface area (Å²) in [6.07, 6.45) is -1.12. The van der Waals surface area contributed by atoms with Gasteiger partial charge in [-0.1, -0.05) is 0 Å². The van der Waals surface area contributed by atoms with E-state index in [1.807, 2.05) is 0 Å². The van der Waals surface area contributed by atoms with Crippen LogP contribution in [0.5, 0.6) is 0 Å². The summed E-state index contributed by atoms with van der Waals surface area (Å²) in [7, 11) is 0. The van der Waals surface area contributed by atoms with Gasteiger partial charge in [-0.2, -0.15) is 0 Å². The molecule has 66 valence electrons. The fraction of sp³-hybridized carbons (Fsp3) is 0.833. The van der Waals surface area contributed by atoms with Gasteiger partial charge in [-0.05, 0) is 6.92 Å². The fourth-order valence-electron chi connectivity index (χ4n) is 0.471. The third-order valence-electron chi connectivity index (χ3n) is 1.17. The molecule has 0 radical (unpaired) electrons. The maximum atomic E-state index is 10.7. The predicted molar refractivity (Wildman–Crippen MR) is 37.8 cm³/mol. The van der Waals surface area contributed by atoms with Crippen molar-refractivity contribution in [3.8, 4) is 0 Å². The molecule has 0 fully saturated rings. The molecule has 1 atom stereocenters. The van der Waals surface area contributed by atoms with Gasteiger partial charge in [0.05, 0.1) is 19.3 Å². The number of carbonyl (C=O) groups is 1. The van der Waals surface area contributed by atoms with Crippen LogP contribution in [0.3, 0.4) is 0 Å². The van der Waals surface area contributed by atoms with Crippen LogP contribution in [-0.2, 0) is 4.79 Å². The molecule has 0 aromatic rings. The van der Waals surface area contributed by atoms with Crippen molar-refractivity contribution in [1.82, 2.24) is 5.32 Å². The largest absolute Gasteiger partial charge is 0.394 e. The first-order valence-corrected chi connectivity index (χ1v) is 3.32. The Labute approximate surface area is 64.7 Å². The average molecular weight is 163 g/mol. The quantitative estimate of drug-likeness (QED) is 0.380. The molecule has 0 bridgehead atoms. The molecule has 0 aromatic heterocycles. The van der Waals surface area contributed by atoms with E-state index in [0.29, 0.717) is 0 Å². The number of aliphatic hydroxyl groups excluding tert-OH is 3. The standard InChI is InChI=1S/C6H13NO4/c1-4(10)6(11)7-5(2-8)3-9/h4-5,8-10H,2-3H2,1H3,(H,7,11). The van der Waals surface area contributed by atoms with Gasteiger partial charge >= 0.3 is 0 Å². The molecular weight excluding hydrogens is 150 g/mol. The Morgan fingerprint density at radius 3 is 2.18 bits per heavy atom. The molecule has 4 N–H and O–H groups in total. The summed E-state index contributed by atoms with van der Waals surface area (Å²) in [5.74, 6) is -0.599. The Bertz CT molecular complexity index is 122. The van der Waals surface area contributed by atoms with Crippen molar-refractivity contribution in [2.75, 3.05) is 13.2 Å². The van der Waals surface area contributed by atoms with Crippen molar-refractivity contribution in [3.05, 3.63) is 0 Å². The van der Waals surface area contributed by atoms with Gasteiger partial charge in [0.1, 0.15) is 6.10 Å². The fourth-order valence-corrected chi connectivity index (χ4v) is 0.471. The molecule has 0 aliphatic rings. The van der Waals surface area contributed by atoms with Crippen molar-refractivity contribution in [2.45, 2.75) is 19.1 Å². The van der Waals surface area contributed by atoms with Crippen LogP contribution in [0.4, 0.5) is 0 Å². The van der Waals surface area contributed by atoms with E-state index >= 15 is 0 Å². The van der Waals surface area contributed by atoms with Gasteiger partial charge in [0, 0.05) is 0 Å². The SMILES string of the molecule is CC(O)C(=O)NC(CO)CO. The second-order valence-corrected chi connectivity index (χ2v) is 2.25. The van der Waals surface area contributed by atoms with Gasteiger partial charge in [0.25, 0.3) is 0 Å². The van der Waals surface area contributed by atoms with Gasteiger partial charge in [0.15, 0.2) is 0 Å². The smallest absolute Gasteiger partial charge is 0.248 e. The number of hydrogen-bond donors (Lipinski definition) is 4. The molecule has 1 unspecified atom stereocenters. The van der Waals surface area contributed by atoms with Gasteiger partial charge in [-0.3, -0.25) is 4.79 Å². The van der Waals surface area contributed by atoms with Gasteiger partial charge < -0.3 is 20.6 Å².